The van der Waals surface area contributed by atoms with Gasteiger partial charge in [-0.05, 0) is 42.5 Å². The average molecular weight is 316 g/mol. The maximum atomic E-state index is 5.88. The van der Waals surface area contributed by atoms with Crippen LogP contribution in [0.4, 0.5) is 5.69 Å². The van der Waals surface area contributed by atoms with Crippen LogP contribution < -0.4 is 0 Å². The van der Waals surface area contributed by atoms with Gasteiger partial charge in [-0.2, -0.15) is 0 Å². The Morgan fingerprint density at radius 2 is 1.43 bits per heavy atom. The molecule has 110 valence electrons. The highest BCUT2D eigenvalue weighted by Crippen LogP contribution is 2.16. The molecule has 0 saturated heterocycles. The Morgan fingerprint density at radius 3 is 2.22 bits per heavy atom. The molecule has 0 amide bonds. The highest BCUT2D eigenvalue weighted by Gasteiger charge is 1.96. The highest BCUT2D eigenvalue weighted by molar-refractivity contribution is 6.30. The molecule has 0 bridgehead atoms. The number of halogens is 1. The van der Waals surface area contributed by atoms with Gasteiger partial charge in [-0.25, -0.2) is 0 Å². The molecule has 3 aromatic carbocycles. The van der Waals surface area contributed by atoms with Crippen molar-refractivity contribution in [2.75, 3.05) is 0 Å². The van der Waals surface area contributed by atoms with Gasteiger partial charge in [0, 0.05) is 27.9 Å². The first-order valence-electron chi connectivity index (χ1n) is 7.27. The Morgan fingerprint density at radius 1 is 0.739 bits per heavy atom. The fraction of sp³-hybridized carbons (Fsp3) is 0. The quantitative estimate of drug-likeness (QED) is 0.438. The summed E-state index contributed by atoms with van der Waals surface area (Å²) in [7, 11) is 0. The average Bonchev–Trinajstić information content (AvgIpc) is 2.61. The Labute approximate surface area is 141 Å². The van der Waals surface area contributed by atoms with E-state index in [-0.39, 0.29) is 0 Å². The van der Waals surface area contributed by atoms with E-state index in [0.717, 1.165) is 22.4 Å². The molecule has 0 saturated carbocycles. The van der Waals surface area contributed by atoms with Crippen LogP contribution in [0.15, 0.2) is 83.9 Å². The smallest absolute Gasteiger partial charge is 0.0630 e. The van der Waals surface area contributed by atoms with Gasteiger partial charge < -0.3 is 0 Å². The van der Waals surface area contributed by atoms with E-state index in [1.807, 2.05) is 85.1 Å². The van der Waals surface area contributed by atoms with Gasteiger partial charge in [0.15, 0.2) is 0 Å². The second kappa shape index (κ2) is 7.45. The summed E-state index contributed by atoms with van der Waals surface area (Å²) in [6.45, 7) is 0. The Balaban J connectivity index is 1.86. The minimum Gasteiger partial charge on any atom is -0.256 e. The molecule has 0 aromatic heterocycles. The molecule has 0 unspecified atom stereocenters. The van der Waals surface area contributed by atoms with Crippen molar-refractivity contribution in [2.45, 2.75) is 0 Å². The van der Waals surface area contributed by atoms with Crippen molar-refractivity contribution >= 4 is 23.5 Å². The molecule has 3 aromatic rings. The van der Waals surface area contributed by atoms with Gasteiger partial charge in [-0.3, -0.25) is 4.99 Å². The fourth-order valence-corrected chi connectivity index (χ4v) is 2.18. The van der Waals surface area contributed by atoms with E-state index in [1.165, 1.54) is 0 Å². The summed E-state index contributed by atoms with van der Waals surface area (Å²) in [5, 5.41) is 0.707. The molecule has 3 rings (SSSR count). The van der Waals surface area contributed by atoms with Crippen LogP contribution >= 0.6 is 11.6 Å². The maximum Gasteiger partial charge on any atom is 0.0630 e. The SMILES string of the molecule is Clc1ccc(N=Cc2ccccc2C#Cc2ccccc2)cc1. The summed E-state index contributed by atoms with van der Waals surface area (Å²) in [6.07, 6.45) is 1.83. The van der Waals surface area contributed by atoms with Crippen LogP contribution in [0, 0.1) is 11.8 Å². The van der Waals surface area contributed by atoms with E-state index < -0.39 is 0 Å². The van der Waals surface area contributed by atoms with Gasteiger partial charge in [0.1, 0.15) is 0 Å². The van der Waals surface area contributed by atoms with Crippen molar-refractivity contribution in [3.05, 3.63) is 101 Å². The lowest BCUT2D eigenvalue weighted by Gasteiger charge is -1.98. The van der Waals surface area contributed by atoms with Crippen LogP contribution in [0.2, 0.25) is 5.02 Å². The first kappa shape index (κ1) is 15.1. The van der Waals surface area contributed by atoms with Gasteiger partial charge in [0.05, 0.1) is 5.69 Å². The van der Waals surface area contributed by atoms with Crippen molar-refractivity contribution in [1.29, 1.82) is 0 Å². The number of nitrogens with zero attached hydrogens (tertiary/aromatic N) is 1. The predicted molar refractivity (Wildman–Crippen MR) is 97.6 cm³/mol. The monoisotopic (exact) mass is 315 g/mol. The van der Waals surface area contributed by atoms with E-state index in [4.69, 9.17) is 11.6 Å². The second-order valence-corrected chi connectivity index (χ2v) is 5.37. The van der Waals surface area contributed by atoms with Crippen LogP contribution in [0.3, 0.4) is 0 Å². The van der Waals surface area contributed by atoms with Crippen LogP contribution in [0.1, 0.15) is 16.7 Å². The lowest BCUT2D eigenvalue weighted by Crippen LogP contribution is -1.87. The van der Waals surface area contributed by atoms with Crippen molar-refractivity contribution in [2.24, 2.45) is 4.99 Å². The van der Waals surface area contributed by atoms with Crippen LogP contribution in [-0.4, -0.2) is 6.21 Å². The summed E-state index contributed by atoms with van der Waals surface area (Å²) >= 11 is 5.88. The van der Waals surface area contributed by atoms with E-state index in [1.54, 1.807) is 0 Å². The maximum absolute atomic E-state index is 5.88. The molecule has 0 spiro atoms. The molecule has 2 heteroatoms. The molecule has 1 nitrogen and oxygen atoms in total. The van der Waals surface area contributed by atoms with Crippen molar-refractivity contribution < 1.29 is 0 Å². The molecule has 0 radical (unpaired) electrons. The van der Waals surface area contributed by atoms with E-state index >= 15 is 0 Å². The zero-order valence-corrected chi connectivity index (χ0v) is 13.2. The third-order valence-corrected chi connectivity index (χ3v) is 3.51. The van der Waals surface area contributed by atoms with Gasteiger partial charge in [0.25, 0.3) is 0 Å². The van der Waals surface area contributed by atoms with Crippen molar-refractivity contribution in [1.82, 2.24) is 0 Å². The van der Waals surface area contributed by atoms with E-state index in [0.29, 0.717) is 5.02 Å². The molecule has 0 aliphatic heterocycles. The van der Waals surface area contributed by atoms with Crippen molar-refractivity contribution in [3.8, 4) is 11.8 Å². The Kier molecular flexibility index (Phi) is 4.88. The number of hydrogen-bond acceptors (Lipinski definition) is 1. The minimum absolute atomic E-state index is 0.707. The third-order valence-electron chi connectivity index (χ3n) is 3.26. The highest BCUT2D eigenvalue weighted by atomic mass is 35.5. The normalized spacial score (nSPS) is 10.3. The zero-order valence-electron chi connectivity index (χ0n) is 12.4. The van der Waals surface area contributed by atoms with Gasteiger partial charge in [-0.15, -0.1) is 0 Å². The second-order valence-electron chi connectivity index (χ2n) is 4.94. The number of rotatable bonds is 2. The van der Waals surface area contributed by atoms with Gasteiger partial charge in [-0.1, -0.05) is 59.8 Å². The first-order chi connectivity index (χ1) is 11.3. The van der Waals surface area contributed by atoms with Crippen LogP contribution in [0.5, 0.6) is 0 Å². The molecule has 0 aliphatic rings. The number of hydrogen-bond donors (Lipinski definition) is 0. The molecule has 0 atom stereocenters. The first-order valence-corrected chi connectivity index (χ1v) is 7.65. The summed E-state index contributed by atoms with van der Waals surface area (Å²) in [6, 6.07) is 25.3. The fourth-order valence-electron chi connectivity index (χ4n) is 2.06. The van der Waals surface area contributed by atoms with E-state index in [9.17, 15) is 0 Å². The largest absolute Gasteiger partial charge is 0.256 e. The van der Waals surface area contributed by atoms with Crippen LogP contribution in [-0.2, 0) is 0 Å². The zero-order chi connectivity index (χ0) is 15.9. The third kappa shape index (κ3) is 4.32. The predicted octanol–water partition coefficient (Wildman–Crippen LogP) is 5.49. The molecule has 0 aliphatic carbocycles. The summed E-state index contributed by atoms with van der Waals surface area (Å²) < 4.78 is 0. The molecular weight excluding hydrogens is 302 g/mol. The number of aliphatic imine (C=N–C) groups is 1. The minimum atomic E-state index is 0.707. The van der Waals surface area contributed by atoms with Gasteiger partial charge >= 0.3 is 0 Å². The lowest BCUT2D eigenvalue weighted by molar-refractivity contribution is 1.52. The molecule has 0 N–H and O–H groups in total. The lowest BCUT2D eigenvalue weighted by atomic mass is 10.1. The van der Waals surface area contributed by atoms with Crippen LogP contribution in [0.25, 0.3) is 0 Å². The summed E-state index contributed by atoms with van der Waals surface area (Å²) in [5.41, 5.74) is 3.80. The Hall–Kier alpha value is -2.82. The molecule has 23 heavy (non-hydrogen) atoms. The number of benzene rings is 3. The molecular formula is C21H14ClN. The van der Waals surface area contributed by atoms with Crippen molar-refractivity contribution in [3.63, 3.8) is 0 Å². The standard InChI is InChI=1S/C21H14ClN/c22-20-12-14-21(15-13-20)23-16-19-9-5-4-8-18(19)11-10-17-6-2-1-3-7-17/h1-9,12-16H. The molecule has 0 fully saturated rings. The van der Waals surface area contributed by atoms with Gasteiger partial charge in [0.2, 0.25) is 0 Å². The van der Waals surface area contributed by atoms with E-state index in [2.05, 4.69) is 16.8 Å². The molecule has 0 heterocycles. The Bertz CT molecular complexity index is 869. The summed E-state index contributed by atoms with van der Waals surface area (Å²) in [4.78, 5) is 4.48. The summed E-state index contributed by atoms with van der Waals surface area (Å²) in [5.74, 6) is 6.39. The topological polar surface area (TPSA) is 12.4 Å².